The van der Waals surface area contributed by atoms with Crippen molar-refractivity contribution in [1.29, 1.82) is 0 Å². The molecule has 1 N–H and O–H groups in total. The summed E-state index contributed by atoms with van der Waals surface area (Å²) in [6.45, 7) is 3.62. The number of hydrogen-bond donors (Lipinski definition) is 1. The SMILES string of the molecule is COCCCNCC1COc2ccccc21. The third-order valence-corrected chi connectivity index (χ3v) is 2.89. The van der Waals surface area contributed by atoms with Gasteiger partial charge in [-0.05, 0) is 19.0 Å². The van der Waals surface area contributed by atoms with Gasteiger partial charge in [-0.3, -0.25) is 0 Å². The quantitative estimate of drug-likeness (QED) is 0.743. The van der Waals surface area contributed by atoms with E-state index in [1.807, 2.05) is 12.1 Å². The van der Waals surface area contributed by atoms with Crippen LogP contribution in [0.4, 0.5) is 0 Å². The van der Waals surface area contributed by atoms with E-state index in [0.29, 0.717) is 5.92 Å². The highest BCUT2D eigenvalue weighted by Crippen LogP contribution is 2.32. The van der Waals surface area contributed by atoms with Crippen LogP contribution in [-0.4, -0.2) is 33.4 Å². The molecule has 0 saturated carbocycles. The molecular formula is C13H19NO2. The number of para-hydroxylation sites is 1. The smallest absolute Gasteiger partial charge is 0.122 e. The molecule has 3 nitrogen and oxygen atoms in total. The van der Waals surface area contributed by atoms with E-state index in [2.05, 4.69) is 17.4 Å². The molecule has 1 atom stereocenters. The van der Waals surface area contributed by atoms with E-state index in [9.17, 15) is 0 Å². The van der Waals surface area contributed by atoms with Gasteiger partial charge in [-0.2, -0.15) is 0 Å². The van der Waals surface area contributed by atoms with Crippen LogP contribution in [0.1, 0.15) is 17.9 Å². The van der Waals surface area contributed by atoms with E-state index < -0.39 is 0 Å². The van der Waals surface area contributed by atoms with Gasteiger partial charge in [0.15, 0.2) is 0 Å². The summed E-state index contributed by atoms with van der Waals surface area (Å²) in [4.78, 5) is 0. The summed E-state index contributed by atoms with van der Waals surface area (Å²) in [6, 6.07) is 8.29. The first kappa shape index (κ1) is 11.4. The largest absolute Gasteiger partial charge is 0.493 e. The van der Waals surface area contributed by atoms with Crippen LogP contribution in [0, 0.1) is 0 Å². The van der Waals surface area contributed by atoms with Crippen molar-refractivity contribution in [2.75, 3.05) is 33.4 Å². The first-order chi connectivity index (χ1) is 7.92. The first-order valence-electron chi connectivity index (χ1n) is 5.83. The third kappa shape index (κ3) is 2.74. The predicted octanol–water partition coefficient (Wildman–Crippen LogP) is 1.79. The Labute approximate surface area is 96.8 Å². The van der Waals surface area contributed by atoms with Crippen LogP contribution in [0.25, 0.3) is 0 Å². The normalized spacial score (nSPS) is 18.2. The lowest BCUT2D eigenvalue weighted by molar-refractivity contribution is 0.194. The van der Waals surface area contributed by atoms with Crippen LogP contribution in [0.3, 0.4) is 0 Å². The summed E-state index contributed by atoms with van der Waals surface area (Å²) in [7, 11) is 1.74. The highest BCUT2D eigenvalue weighted by molar-refractivity contribution is 5.39. The zero-order chi connectivity index (χ0) is 11.2. The summed E-state index contributed by atoms with van der Waals surface area (Å²) in [5.41, 5.74) is 1.33. The van der Waals surface area contributed by atoms with E-state index in [0.717, 1.165) is 38.5 Å². The molecule has 0 fully saturated rings. The number of methoxy groups -OCH3 is 1. The summed E-state index contributed by atoms with van der Waals surface area (Å²) in [5, 5.41) is 3.44. The molecule has 0 aliphatic carbocycles. The Hall–Kier alpha value is -1.06. The Kier molecular flexibility index (Phi) is 4.19. The van der Waals surface area contributed by atoms with Gasteiger partial charge in [0.25, 0.3) is 0 Å². The first-order valence-corrected chi connectivity index (χ1v) is 5.83. The maximum absolute atomic E-state index is 5.62. The number of nitrogens with one attached hydrogen (secondary N) is 1. The molecule has 0 amide bonds. The minimum Gasteiger partial charge on any atom is -0.493 e. The predicted molar refractivity (Wildman–Crippen MR) is 64.0 cm³/mol. The van der Waals surface area contributed by atoms with E-state index in [4.69, 9.17) is 9.47 Å². The van der Waals surface area contributed by atoms with E-state index in [1.54, 1.807) is 7.11 Å². The third-order valence-electron chi connectivity index (χ3n) is 2.89. The minimum absolute atomic E-state index is 0.499. The fraction of sp³-hybridized carbons (Fsp3) is 0.538. The Bertz CT molecular complexity index is 327. The van der Waals surface area contributed by atoms with Crippen molar-refractivity contribution >= 4 is 0 Å². The van der Waals surface area contributed by atoms with Crippen LogP contribution in [0.5, 0.6) is 5.75 Å². The summed E-state index contributed by atoms with van der Waals surface area (Å²) >= 11 is 0. The molecule has 1 aliphatic heterocycles. The zero-order valence-electron chi connectivity index (χ0n) is 9.74. The van der Waals surface area contributed by atoms with Gasteiger partial charge < -0.3 is 14.8 Å². The zero-order valence-corrected chi connectivity index (χ0v) is 9.74. The second kappa shape index (κ2) is 5.87. The van der Waals surface area contributed by atoms with Crippen LogP contribution < -0.4 is 10.1 Å². The van der Waals surface area contributed by atoms with Crippen molar-refractivity contribution in [2.45, 2.75) is 12.3 Å². The second-order valence-electron chi connectivity index (χ2n) is 4.10. The van der Waals surface area contributed by atoms with Crippen LogP contribution in [-0.2, 0) is 4.74 Å². The van der Waals surface area contributed by atoms with Crippen molar-refractivity contribution in [2.24, 2.45) is 0 Å². The van der Waals surface area contributed by atoms with Crippen molar-refractivity contribution in [3.63, 3.8) is 0 Å². The number of benzene rings is 1. The molecule has 16 heavy (non-hydrogen) atoms. The van der Waals surface area contributed by atoms with E-state index >= 15 is 0 Å². The van der Waals surface area contributed by atoms with Crippen molar-refractivity contribution in [1.82, 2.24) is 5.32 Å². The van der Waals surface area contributed by atoms with Crippen LogP contribution in [0.2, 0.25) is 0 Å². The fourth-order valence-electron chi connectivity index (χ4n) is 2.02. The topological polar surface area (TPSA) is 30.5 Å². The fourth-order valence-corrected chi connectivity index (χ4v) is 2.02. The van der Waals surface area contributed by atoms with Gasteiger partial charge in [0, 0.05) is 31.7 Å². The average Bonchev–Trinajstić information content (AvgIpc) is 2.73. The molecular weight excluding hydrogens is 202 g/mol. The molecule has 1 aliphatic rings. The lowest BCUT2D eigenvalue weighted by Gasteiger charge is -2.10. The molecule has 2 rings (SSSR count). The lowest BCUT2D eigenvalue weighted by Crippen LogP contribution is -2.24. The van der Waals surface area contributed by atoms with E-state index in [1.165, 1.54) is 5.56 Å². The summed E-state index contributed by atoms with van der Waals surface area (Å²) < 4.78 is 10.6. The van der Waals surface area contributed by atoms with Gasteiger partial charge in [0.2, 0.25) is 0 Å². The summed E-state index contributed by atoms with van der Waals surface area (Å²) in [6.07, 6.45) is 1.06. The standard InChI is InChI=1S/C13H19NO2/c1-15-8-4-7-14-9-11-10-16-13-6-3-2-5-12(11)13/h2-3,5-6,11,14H,4,7-10H2,1H3. The molecule has 0 saturated heterocycles. The van der Waals surface area contributed by atoms with E-state index in [-0.39, 0.29) is 0 Å². The Balaban J connectivity index is 1.76. The molecule has 0 bridgehead atoms. The molecule has 0 radical (unpaired) electrons. The Morgan fingerprint density at radius 2 is 2.31 bits per heavy atom. The number of rotatable bonds is 6. The maximum atomic E-state index is 5.62. The van der Waals surface area contributed by atoms with Gasteiger partial charge >= 0.3 is 0 Å². The molecule has 0 spiro atoms. The Morgan fingerprint density at radius 1 is 1.44 bits per heavy atom. The molecule has 1 aromatic carbocycles. The number of fused-ring (bicyclic) bond motifs is 1. The Morgan fingerprint density at radius 3 is 3.19 bits per heavy atom. The minimum atomic E-state index is 0.499. The number of ether oxygens (including phenoxy) is 2. The van der Waals surface area contributed by atoms with Crippen molar-refractivity contribution < 1.29 is 9.47 Å². The molecule has 1 aromatic rings. The lowest BCUT2D eigenvalue weighted by atomic mass is 10.0. The highest BCUT2D eigenvalue weighted by Gasteiger charge is 2.22. The molecule has 3 heteroatoms. The van der Waals surface area contributed by atoms with Crippen LogP contribution in [0.15, 0.2) is 24.3 Å². The molecule has 88 valence electrons. The molecule has 1 unspecified atom stereocenters. The van der Waals surface area contributed by atoms with Gasteiger partial charge in [-0.25, -0.2) is 0 Å². The van der Waals surface area contributed by atoms with Crippen LogP contribution >= 0.6 is 0 Å². The van der Waals surface area contributed by atoms with Gasteiger partial charge in [0.1, 0.15) is 5.75 Å². The van der Waals surface area contributed by atoms with Gasteiger partial charge in [-0.1, -0.05) is 18.2 Å². The van der Waals surface area contributed by atoms with Crippen molar-refractivity contribution in [3.8, 4) is 5.75 Å². The van der Waals surface area contributed by atoms with Gasteiger partial charge in [-0.15, -0.1) is 0 Å². The molecule has 1 heterocycles. The monoisotopic (exact) mass is 221 g/mol. The van der Waals surface area contributed by atoms with Crippen molar-refractivity contribution in [3.05, 3.63) is 29.8 Å². The average molecular weight is 221 g/mol. The maximum Gasteiger partial charge on any atom is 0.122 e. The number of hydrogen-bond acceptors (Lipinski definition) is 3. The second-order valence-corrected chi connectivity index (χ2v) is 4.10. The molecule has 0 aromatic heterocycles. The highest BCUT2D eigenvalue weighted by atomic mass is 16.5. The summed E-state index contributed by atoms with van der Waals surface area (Å²) in [5.74, 6) is 1.55. The van der Waals surface area contributed by atoms with Gasteiger partial charge in [0.05, 0.1) is 6.61 Å².